The van der Waals surface area contributed by atoms with Gasteiger partial charge in [-0.1, -0.05) is 23.7 Å². The number of nitrogens with zero attached hydrogens (tertiary/aromatic N) is 5. The van der Waals surface area contributed by atoms with Crippen LogP contribution < -0.4 is 4.90 Å². The van der Waals surface area contributed by atoms with E-state index in [0.717, 1.165) is 0 Å². The summed E-state index contributed by atoms with van der Waals surface area (Å²) in [6.07, 6.45) is 0. The number of amides is 1. The van der Waals surface area contributed by atoms with E-state index in [-0.39, 0.29) is 47.7 Å². The number of rotatable bonds is 4. The van der Waals surface area contributed by atoms with Crippen molar-refractivity contribution in [2.45, 2.75) is 4.90 Å². The van der Waals surface area contributed by atoms with Gasteiger partial charge in [0, 0.05) is 40.3 Å². The van der Waals surface area contributed by atoms with Gasteiger partial charge in [0.2, 0.25) is 10.0 Å². The number of carbonyl (C=O) groups excluding carboxylic acids is 1. The topological polar surface area (TPSA) is 86.7 Å². The normalized spacial score (nSPS) is 15.6. The first kappa shape index (κ1) is 19.5. The van der Waals surface area contributed by atoms with Crippen LogP contribution in [-0.4, -0.2) is 74.0 Å². The molecule has 1 aromatic carbocycles. The highest BCUT2D eigenvalue weighted by atomic mass is 35.5. The average Bonchev–Trinajstić information content (AvgIpc) is 2.68. The number of benzene rings is 1. The highest BCUT2D eigenvalue weighted by Crippen LogP contribution is 2.25. The van der Waals surface area contributed by atoms with Gasteiger partial charge in [-0.05, 0) is 24.3 Å². The monoisotopic (exact) mass is 409 g/mol. The summed E-state index contributed by atoms with van der Waals surface area (Å²) in [6, 6.07) is 9.69. The maximum atomic E-state index is 12.8. The molecule has 1 fully saturated rings. The first-order valence-electron chi connectivity index (χ1n) is 8.35. The Balaban J connectivity index is 1.68. The lowest BCUT2D eigenvalue weighted by Crippen LogP contribution is -2.50. The molecule has 27 heavy (non-hydrogen) atoms. The van der Waals surface area contributed by atoms with Crippen LogP contribution in [0, 0.1) is 0 Å². The average molecular weight is 410 g/mol. The van der Waals surface area contributed by atoms with E-state index >= 15 is 0 Å². The second kappa shape index (κ2) is 7.79. The van der Waals surface area contributed by atoms with E-state index in [4.69, 9.17) is 11.6 Å². The van der Waals surface area contributed by atoms with Crippen LogP contribution in [-0.2, 0) is 10.0 Å². The predicted octanol–water partition coefficient (Wildman–Crippen LogP) is 1.34. The van der Waals surface area contributed by atoms with Crippen LogP contribution in [0.4, 0.5) is 5.82 Å². The van der Waals surface area contributed by atoms with Crippen LogP contribution in [0.15, 0.2) is 41.3 Å². The van der Waals surface area contributed by atoms with Crippen molar-refractivity contribution in [2.24, 2.45) is 0 Å². The molecule has 0 spiro atoms. The molecule has 2 heterocycles. The van der Waals surface area contributed by atoms with Crippen molar-refractivity contribution in [3.8, 4) is 0 Å². The third kappa shape index (κ3) is 4.05. The zero-order valence-corrected chi connectivity index (χ0v) is 16.6. The van der Waals surface area contributed by atoms with Gasteiger partial charge in [0.05, 0.1) is 5.02 Å². The second-order valence-corrected chi connectivity index (χ2v) is 8.61. The zero-order chi connectivity index (χ0) is 19.6. The molecular weight excluding hydrogens is 390 g/mol. The Labute approximate surface area is 163 Å². The van der Waals surface area contributed by atoms with Gasteiger partial charge in [0.1, 0.15) is 4.90 Å². The van der Waals surface area contributed by atoms with E-state index in [2.05, 4.69) is 10.2 Å². The van der Waals surface area contributed by atoms with Gasteiger partial charge in [-0.2, -0.15) is 4.31 Å². The van der Waals surface area contributed by atoms with E-state index in [9.17, 15) is 13.2 Å². The molecule has 144 valence electrons. The van der Waals surface area contributed by atoms with Crippen LogP contribution in [0.1, 0.15) is 10.5 Å². The minimum absolute atomic E-state index is 0.0802. The molecule has 10 heteroatoms. The highest BCUT2D eigenvalue weighted by molar-refractivity contribution is 7.89. The number of carbonyl (C=O) groups is 1. The fraction of sp³-hybridized carbons (Fsp3) is 0.353. The number of hydrogen-bond donors (Lipinski definition) is 0. The van der Waals surface area contributed by atoms with Crippen LogP contribution in [0.2, 0.25) is 5.02 Å². The Bertz CT molecular complexity index is 926. The quantitative estimate of drug-likeness (QED) is 0.757. The molecular formula is C17H20ClN5O3S. The molecule has 8 nitrogen and oxygen atoms in total. The minimum Gasteiger partial charge on any atom is -0.361 e. The molecule has 0 aliphatic carbocycles. The van der Waals surface area contributed by atoms with Gasteiger partial charge in [-0.3, -0.25) is 4.79 Å². The Morgan fingerprint density at radius 1 is 1.04 bits per heavy atom. The lowest BCUT2D eigenvalue weighted by Gasteiger charge is -2.33. The molecule has 1 aliphatic heterocycles. The van der Waals surface area contributed by atoms with Gasteiger partial charge >= 0.3 is 0 Å². The molecule has 3 rings (SSSR count). The molecule has 0 radical (unpaired) electrons. The van der Waals surface area contributed by atoms with Crippen molar-refractivity contribution < 1.29 is 13.2 Å². The van der Waals surface area contributed by atoms with Gasteiger partial charge < -0.3 is 9.80 Å². The van der Waals surface area contributed by atoms with Crippen molar-refractivity contribution in [3.05, 3.63) is 47.1 Å². The second-order valence-electron chi connectivity index (χ2n) is 6.30. The standard InChI is InChI=1S/C17H20ClN5O3S/c1-21(2)16-8-7-14(19-20-16)17(24)22-9-11-23(12-10-22)27(25,26)15-6-4-3-5-13(15)18/h3-8H,9-12H2,1-2H3. The van der Waals surface area contributed by atoms with Crippen LogP contribution >= 0.6 is 11.6 Å². The summed E-state index contributed by atoms with van der Waals surface area (Å²) in [4.78, 5) is 16.0. The van der Waals surface area contributed by atoms with E-state index in [1.807, 2.05) is 14.1 Å². The molecule has 2 aromatic rings. The summed E-state index contributed by atoms with van der Waals surface area (Å²) in [5, 5.41) is 8.16. The maximum absolute atomic E-state index is 12.8. The molecule has 0 saturated carbocycles. The first-order valence-corrected chi connectivity index (χ1v) is 10.2. The van der Waals surface area contributed by atoms with Gasteiger partial charge in [-0.25, -0.2) is 8.42 Å². The molecule has 0 N–H and O–H groups in total. The van der Waals surface area contributed by atoms with Crippen molar-refractivity contribution in [1.82, 2.24) is 19.4 Å². The lowest BCUT2D eigenvalue weighted by atomic mass is 10.3. The minimum atomic E-state index is -3.69. The largest absolute Gasteiger partial charge is 0.361 e. The molecule has 1 amide bonds. The molecule has 0 atom stereocenters. The highest BCUT2D eigenvalue weighted by Gasteiger charge is 2.32. The molecule has 0 bridgehead atoms. The van der Waals surface area contributed by atoms with Crippen LogP contribution in [0.5, 0.6) is 0 Å². The molecule has 1 aliphatic rings. The Morgan fingerprint density at radius 3 is 2.26 bits per heavy atom. The number of halogens is 1. The van der Waals surface area contributed by atoms with E-state index in [1.54, 1.807) is 40.1 Å². The molecule has 1 aromatic heterocycles. The summed E-state index contributed by atoms with van der Waals surface area (Å²) in [5.74, 6) is 0.393. The van der Waals surface area contributed by atoms with Crippen LogP contribution in [0.25, 0.3) is 0 Å². The number of aromatic nitrogens is 2. The summed E-state index contributed by atoms with van der Waals surface area (Å²) in [5.41, 5.74) is 0.239. The van der Waals surface area contributed by atoms with Gasteiger partial charge in [0.25, 0.3) is 5.91 Å². The SMILES string of the molecule is CN(C)c1ccc(C(=O)N2CCN(S(=O)(=O)c3ccccc3Cl)CC2)nn1. The predicted molar refractivity (Wildman–Crippen MR) is 102 cm³/mol. The first-order chi connectivity index (χ1) is 12.8. The van der Waals surface area contributed by atoms with Crippen molar-refractivity contribution in [1.29, 1.82) is 0 Å². The Hall–Kier alpha value is -2.23. The van der Waals surface area contributed by atoms with E-state index in [1.165, 1.54) is 10.4 Å². The third-order valence-electron chi connectivity index (χ3n) is 4.31. The molecule has 1 saturated heterocycles. The number of piperazine rings is 1. The summed E-state index contributed by atoms with van der Waals surface area (Å²) in [6.45, 7) is 0.949. The third-order valence-corrected chi connectivity index (χ3v) is 6.71. The summed E-state index contributed by atoms with van der Waals surface area (Å²) < 4.78 is 26.9. The number of hydrogen-bond acceptors (Lipinski definition) is 6. The fourth-order valence-electron chi connectivity index (χ4n) is 2.76. The lowest BCUT2D eigenvalue weighted by molar-refractivity contribution is 0.0691. The Morgan fingerprint density at radius 2 is 1.70 bits per heavy atom. The van der Waals surface area contributed by atoms with Crippen molar-refractivity contribution in [2.75, 3.05) is 45.2 Å². The number of sulfonamides is 1. The van der Waals surface area contributed by atoms with Gasteiger partial charge in [-0.15, -0.1) is 10.2 Å². The number of anilines is 1. The molecule has 0 unspecified atom stereocenters. The Kier molecular flexibility index (Phi) is 5.64. The summed E-state index contributed by atoms with van der Waals surface area (Å²) >= 11 is 6.03. The van der Waals surface area contributed by atoms with Crippen molar-refractivity contribution >= 4 is 33.3 Å². The van der Waals surface area contributed by atoms with Crippen molar-refractivity contribution in [3.63, 3.8) is 0 Å². The van der Waals surface area contributed by atoms with E-state index in [0.29, 0.717) is 5.82 Å². The van der Waals surface area contributed by atoms with E-state index < -0.39 is 10.0 Å². The summed E-state index contributed by atoms with van der Waals surface area (Å²) in [7, 11) is -0.0168. The van der Waals surface area contributed by atoms with Gasteiger partial charge in [0.15, 0.2) is 11.5 Å². The maximum Gasteiger partial charge on any atom is 0.274 e. The fourth-order valence-corrected chi connectivity index (χ4v) is 4.68. The zero-order valence-electron chi connectivity index (χ0n) is 15.0. The smallest absolute Gasteiger partial charge is 0.274 e. The van der Waals surface area contributed by atoms with Crippen LogP contribution in [0.3, 0.4) is 0 Å².